The van der Waals surface area contributed by atoms with Crippen LogP contribution in [-0.2, 0) is 6.42 Å². The van der Waals surface area contributed by atoms with Crippen LogP contribution in [0.1, 0.15) is 96.5 Å². The van der Waals surface area contributed by atoms with Gasteiger partial charge >= 0.3 is 0 Å². The number of rotatable bonds is 14. The summed E-state index contributed by atoms with van der Waals surface area (Å²) in [6.07, 6.45) is 17.9. The van der Waals surface area contributed by atoms with E-state index in [4.69, 9.17) is 0 Å². The third-order valence-corrected chi connectivity index (χ3v) is 6.42. The molecule has 1 N–H and O–H groups in total. The van der Waals surface area contributed by atoms with Gasteiger partial charge in [-0.25, -0.2) is 0 Å². The van der Waals surface area contributed by atoms with Crippen LogP contribution in [0.3, 0.4) is 0 Å². The molecule has 3 aromatic rings. The molecule has 0 amide bonds. The van der Waals surface area contributed by atoms with Crippen LogP contribution in [0, 0.1) is 18.1 Å². The molecule has 1 unspecified atom stereocenters. The molecule has 0 aliphatic rings. The van der Waals surface area contributed by atoms with Crippen molar-refractivity contribution < 1.29 is 0 Å². The number of aryl methyl sites for hydroxylation is 1. The van der Waals surface area contributed by atoms with E-state index in [2.05, 4.69) is 49.2 Å². The Labute approximate surface area is 178 Å². The lowest BCUT2D eigenvalue weighted by molar-refractivity contribution is 0.433. The molecule has 0 fully saturated rings. The predicted octanol–water partition coefficient (Wildman–Crippen LogP) is 8.80. The third-order valence-electron chi connectivity index (χ3n) is 6.42. The van der Waals surface area contributed by atoms with Crippen molar-refractivity contribution in [1.29, 1.82) is 0 Å². The Balaban J connectivity index is 1.30. The smallest absolute Gasteiger partial charge is 0.0503 e. The van der Waals surface area contributed by atoms with Crippen LogP contribution in [0.15, 0.2) is 30.3 Å². The van der Waals surface area contributed by atoms with Crippen LogP contribution in [0.2, 0.25) is 0 Å². The summed E-state index contributed by atoms with van der Waals surface area (Å²) in [4.78, 5) is 3.58. The lowest BCUT2D eigenvalue weighted by atomic mass is 9.96. The second-order valence-corrected chi connectivity index (χ2v) is 8.96. The van der Waals surface area contributed by atoms with Gasteiger partial charge < -0.3 is 4.98 Å². The quantitative estimate of drug-likeness (QED) is 0.265. The van der Waals surface area contributed by atoms with Crippen LogP contribution < -0.4 is 0 Å². The third kappa shape index (κ3) is 6.63. The highest BCUT2D eigenvalue weighted by molar-refractivity contribution is 6.08. The molecular weight excluding hydrogens is 350 g/mol. The molecule has 0 aliphatic heterocycles. The van der Waals surface area contributed by atoms with Gasteiger partial charge in [-0.15, -0.1) is 0 Å². The fourth-order valence-corrected chi connectivity index (χ4v) is 4.58. The summed E-state index contributed by atoms with van der Waals surface area (Å²) >= 11 is 0. The molecule has 0 saturated heterocycles. The molecule has 1 heterocycles. The first kappa shape index (κ1) is 21.9. The summed E-state index contributed by atoms with van der Waals surface area (Å²) in [5.41, 5.74) is 3.80. The maximum Gasteiger partial charge on any atom is 0.0503 e. The zero-order valence-electron chi connectivity index (χ0n) is 18.7. The van der Waals surface area contributed by atoms with Gasteiger partial charge in [-0.05, 0) is 42.5 Å². The number of aromatic nitrogens is 1. The molecule has 1 atom stereocenters. The van der Waals surface area contributed by atoms with E-state index in [1.165, 1.54) is 104 Å². The molecule has 0 spiro atoms. The minimum atomic E-state index is 0.928. The predicted molar refractivity (Wildman–Crippen MR) is 127 cm³/mol. The Morgan fingerprint density at radius 2 is 1.52 bits per heavy atom. The summed E-state index contributed by atoms with van der Waals surface area (Å²) in [7, 11) is 0. The van der Waals surface area contributed by atoms with Crippen molar-refractivity contribution in [3.05, 3.63) is 48.0 Å². The van der Waals surface area contributed by atoms with Crippen molar-refractivity contribution >= 4 is 21.8 Å². The largest absolute Gasteiger partial charge is 0.354 e. The second kappa shape index (κ2) is 12.1. The number of unbranched alkanes of at least 4 members (excludes halogenated alkanes) is 8. The van der Waals surface area contributed by atoms with E-state index in [-0.39, 0.29) is 0 Å². The van der Waals surface area contributed by atoms with Gasteiger partial charge in [0.25, 0.3) is 0 Å². The Morgan fingerprint density at radius 1 is 0.828 bits per heavy atom. The van der Waals surface area contributed by atoms with Crippen molar-refractivity contribution in [2.75, 3.05) is 0 Å². The van der Waals surface area contributed by atoms with Crippen molar-refractivity contribution in [3.8, 4) is 0 Å². The summed E-state index contributed by atoms with van der Waals surface area (Å²) in [5.74, 6) is 0.928. The zero-order valence-corrected chi connectivity index (χ0v) is 18.7. The molecule has 0 aliphatic carbocycles. The maximum atomic E-state index is 3.58. The molecule has 29 heavy (non-hydrogen) atoms. The highest BCUT2D eigenvalue weighted by atomic mass is 14.7. The van der Waals surface area contributed by atoms with Gasteiger partial charge in [-0.2, -0.15) is 0 Å². The number of aromatic amines is 1. The molecule has 0 saturated carbocycles. The van der Waals surface area contributed by atoms with Crippen molar-refractivity contribution in [1.82, 2.24) is 4.98 Å². The lowest BCUT2D eigenvalue weighted by Crippen LogP contribution is -1.95. The molecule has 2 aromatic carbocycles. The molecule has 1 heteroatoms. The normalized spacial score (nSPS) is 12.8. The highest BCUT2D eigenvalue weighted by Crippen LogP contribution is 2.28. The summed E-state index contributed by atoms with van der Waals surface area (Å²) in [6.45, 7) is 4.74. The first-order valence-corrected chi connectivity index (χ1v) is 12.1. The summed E-state index contributed by atoms with van der Waals surface area (Å²) in [6, 6.07) is 17.1. The number of hydrogen-bond donors (Lipinski definition) is 1. The minimum Gasteiger partial charge on any atom is -0.354 e. The van der Waals surface area contributed by atoms with Gasteiger partial charge in [0, 0.05) is 16.3 Å². The van der Waals surface area contributed by atoms with Crippen molar-refractivity contribution in [2.24, 2.45) is 5.92 Å². The van der Waals surface area contributed by atoms with Crippen LogP contribution in [0.4, 0.5) is 0 Å². The van der Waals surface area contributed by atoms with E-state index in [0.29, 0.717) is 0 Å². The lowest BCUT2D eigenvalue weighted by Gasteiger charge is -2.10. The molecule has 156 valence electrons. The molecular formula is C28H39N. The monoisotopic (exact) mass is 389 g/mol. The molecule has 0 bridgehead atoms. The van der Waals surface area contributed by atoms with Gasteiger partial charge in [0.1, 0.15) is 0 Å². The Bertz CT molecular complexity index is 844. The molecule has 1 nitrogen and oxygen atoms in total. The summed E-state index contributed by atoms with van der Waals surface area (Å²) in [5, 5.41) is 2.63. The van der Waals surface area contributed by atoms with Crippen LogP contribution in [0.25, 0.3) is 21.8 Å². The van der Waals surface area contributed by atoms with Gasteiger partial charge in [-0.1, -0.05) is 109 Å². The average Bonchev–Trinajstić information content (AvgIpc) is 3.13. The number of H-pyrrole nitrogens is 1. The standard InChI is InChI=1S/C28H39N/c1-3-4-5-10-16-23(2)17-11-8-6-7-9-12-18-24-19-15-21-26-25-20-13-14-22-27(25)29-28(24)26/h13,15,20-23,29H,3-12,16-18H2,1-2H3. The first-order valence-electron chi connectivity index (χ1n) is 12.1. The van der Waals surface area contributed by atoms with Gasteiger partial charge in [-0.3, -0.25) is 0 Å². The van der Waals surface area contributed by atoms with E-state index in [0.717, 1.165) is 12.3 Å². The average molecular weight is 390 g/mol. The van der Waals surface area contributed by atoms with Gasteiger partial charge in [0.15, 0.2) is 0 Å². The van der Waals surface area contributed by atoms with Crippen LogP contribution in [0.5, 0.6) is 0 Å². The number of fused-ring (bicyclic) bond motifs is 3. The highest BCUT2D eigenvalue weighted by Gasteiger charge is 2.07. The SMILES string of the molecule is CCCCCCC(C)CCCCCCCCc1[c]ccc2c1[nH]c1c[c]ccc12. The van der Waals surface area contributed by atoms with Crippen LogP contribution >= 0.6 is 0 Å². The Kier molecular flexibility index (Phi) is 9.12. The van der Waals surface area contributed by atoms with Crippen LogP contribution in [-0.4, -0.2) is 4.98 Å². The number of benzene rings is 2. The van der Waals surface area contributed by atoms with E-state index >= 15 is 0 Å². The van der Waals surface area contributed by atoms with Gasteiger partial charge in [0.2, 0.25) is 0 Å². The fraction of sp³-hybridized carbons (Fsp3) is 0.571. The number of hydrogen-bond acceptors (Lipinski definition) is 0. The second-order valence-electron chi connectivity index (χ2n) is 8.96. The molecule has 3 rings (SSSR count). The van der Waals surface area contributed by atoms with Gasteiger partial charge in [0.05, 0.1) is 5.52 Å². The topological polar surface area (TPSA) is 15.8 Å². The maximum absolute atomic E-state index is 3.58. The Morgan fingerprint density at radius 3 is 2.31 bits per heavy atom. The van der Waals surface area contributed by atoms with E-state index < -0.39 is 0 Å². The first-order chi connectivity index (χ1) is 14.3. The summed E-state index contributed by atoms with van der Waals surface area (Å²) < 4.78 is 0. The minimum absolute atomic E-state index is 0.928. The molecule has 2 radical (unpaired) electrons. The van der Waals surface area contributed by atoms with E-state index in [9.17, 15) is 0 Å². The Hall–Kier alpha value is -1.76. The number of nitrogens with one attached hydrogen (secondary N) is 1. The van der Waals surface area contributed by atoms with Crippen molar-refractivity contribution in [2.45, 2.75) is 97.3 Å². The van der Waals surface area contributed by atoms with E-state index in [1.54, 1.807) is 0 Å². The fourth-order valence-electron chi connectivity index (χ4n) is 4.58. The van der Waals surface area contributed by atoms with Crippen molar-refractivity contribution in [3.63, 3.8) is 0 Å². The molecule has 1 aromatic heterocycles. The van der Waals surface area contributed by atoms with E-state index in [1.807, 2.05) is 12.1 Å². The zero-order chi connectivity index (χ0) is 20.3.